The van der Waals surface area contributed by atoms with Gasteiger partial charge in [0.2, 0.25) is 0 Å². The number of methoxy groups -OCH3 is 1. The van der Waals surface area contributed by atoms with E-state index in [0.29, 0.717) is 6.54 Å². The van der Waals surface area contributed by atoms with Crippen LogP contribution in [0.2, 0.25) is 0 Å². The number of aliphatic hydroxyl groups is 1. The van der Waals surface area contributed by atoms with E-state index in [1.807, 2.05) is 18.2 Å². The second-order valence-corrected chi connectivity index (χ2v) is 8.76. The van der Waals surface area contributed by atoms with E-state index < -0.39 is 6.10 Å². The lowest BCUT2D eigenvalue weighted by Crippen LogP contribution is -2.49. The maximum atomic E-state index is 10.5. The molecule has 1 saturated heterocycles. The summed E-state index contributed by atoms with van der Waals surface area (Å²) in [4.78, 5) is 10.2. The van der Waals surface area contributed by atoms with Crippen LogP contribution < -0.4 is 9.64 Å². The molecule has 0 amide bonds. The van der Waals surface area contributed by atoms with E-state index in [0.717, 1.165) is 56.2 Å². The summed E-state index contributed by atoms with van der Waals surface area (Å²) in [7, 11) is 1.71. The molecule has 1 aliphatic carbocycles. The van der Waals surface area contributed by atoms with Crippen molar-refractivity contribution in [3.8, 4) is 5.75 Å². The highest BCUT2D eigenvalue weighted by atomic mass is 35.5. The summed E-state index contributed by atoms with van der Waals surface area (Å²) >= 11 is 0. The van der Waals surface area contributed by atoms with Crippen molar-refractivity contribution in [3.63, 3.8) is 0 Å². The van der Waals surface area contributed by atoms with Gasteiger partial charge in [0.15, 0.2) is 0 Å². The fraction of sp³-hybridized carbons (Fsp3) is 0.370. The Bertz CT molecular complexity index is 1140. The smallest absolute Gasteiger partial charge is 0.144 e. The summed E-state index contributed by atoms with van der Waals surface area (Å²) < 4.78 is 5.50. The zero-order valence-electron chi connectivity index (χ0n) is 19.5. The zero-order chi connectivity index (χ0) is 22.6. The monoisotopic (exact) mass is 481 g/mol. The standard InChI is InChI=1S/C27H31N3O3.ClH/c1-32-27-9-5-4-8-26(27)30-16-14-29(15-17-30)18-21(31)19-33-28-25-13-12-23-22-7-3-2-6-20(22)10-11-24(23)25;/h2-11,21,31H,12-19H2,1H3;1H/b28-25-;. The van der Waals surface area contributed by atoms with Gasteiger partial charge >= 0.3 is 0 Å². The summed E-state index contributed by atoms with van der Waals surface area (Å²) in [5.74, 6) is 0.903. The van der Waals surface area contributed by atoms with Gasteiger partial charge in [-0.2, -0.15) is 0 Å². The molecule has 5 rings (SSSR count). The number of halogens is 1. The largest absolute Gasteiger partial charge is 0.495 e. The molecule has 1 atom stereocenters. The predicted molar refractivity (Wildman–Crippen MR) is 140 cm³/mol. The molecule has 2 aliphatic rings. The molecule has 3 aromatic rings. The number of anilines is 1. The summed E-state index contributed by atoms with van der Waals surface area (Å²) in [5, 5.41) is 17.5. The van der Waals surface area contributed by atoms with Gasteiger partial charge in [0.1, 0.15) is 18.5 Å². The van der Waals surface area contributed by atoms with Crippen molar-refractivity contribution in [2.24, 2.45) is 5.16 Å². The molecule has 1 aliphatic heterocycles. The van der Waals surface area contributed by atoms with Crippen molar-refractivity contribution in [3.05, 3.63) is 71.8 Å². The van der Waals surface area contributed by atoms with E-state index in [9.17, 15) is 5.11 Å². The average molecular weight is 482 g/mol. The molecule has 1 heterocycles. The predicted octanol–water partition coefficient (Wildman–Crippen LogP) is 4.12. The molecule has 0 spiro atoms. The average Bonchev–Trinajstić information content (AvgIpc) is 3.28. The van der Waals surface area contributed by atoms with Gasteiger partial charge in [0.05, 0.1) is 18.5 Å². The Balaban J connectivity index is 0.00000274. The molecule has 3 aromatic carbocycles. The van der Waals surface area contributed by atoms with E-state index in [1.165, 1.54) is 21.9 Å². The number of benzene rings is 3. The summed E-state index contributed by atoms with van der Waals surface area (Å²) in [6.07, 6.45) is 1.30. The van der Waals surface area contributed by atoms with Crippen LogP contribution in [0.25, 0.3) is 10.8 Å². The van der Waals surface area contributed by atoms with Gasteiger partial charge in [-0.3, -0.25) is 4.90 Å². The highest BCUT2D eigenvalue weighted by Crippen LogP contribution is 2.30. The minimum absolute atomic E-state index is 0. The second-order valence-electron chi connectivity index (χ2n) is 8.76. The van der Waals surface area contributed by atoms with Crippen LogP contribution in [-0.4, -0.2) is 68.3 Å². The molecule has 1 fully saturated rings. The topological polar surface area (TPSA) is 57.5 Å². The van der Waals surface area contributed by atoms with Crippen LogP contribution in [0.1, 0.15) is 17.5 Å². The molecule has 34 heavy (non-hydrogen) atoms. The summed E-state index contributed by atoms with van der Waals surface area (Å²) in [6, 6.07) is 20.9. The van der Waals surface area contributed by atoms with Crippen LogP contribution in [0.5, 0.6) is 5.75 Å². The van der Waals surface area contributed by atoms with Gasteiger partial charge in [-0.15, -0.1) is 12.4 Å². The number of ether oxygens (including phenoxy) is 1. The minimum atomic E-state index is -0.565. The summed E-state index contributed by atoms with van der Waals surface area (Å²) in [5.41, 5.74) is 4.64. The van der Waals surface area contributed by atoms with Crippen molar-refractivity contribution in [2.75, 3.05) is 51.3 Å². The highest BCUT2D eigenvalue weighted by molar-refractivity contribution is 6.08. The lowest BCUT2D eigenvalue weighted by atomic mass is 10.0. The Labute approximate surface area is 207 Å². The van der Waals surface area contributed by atoms with Crippen molar-refractivity contribution < 1.29 is 14.7 Å². The molecule has 0 bridgehead atoms. The number of piperazine rings is 1. The lowest BCUT2D eigenvalue weighted by Gasteiger charge is -2.37. The number of aryl methyl sites for hydroxylation is 1. The molecule has 0 radical (unpaired) electrons. The molecule has 6 nitrogen and oxygen atoms in total. The number of hydrogen-bond donors (Lipinski definition) is 1. The molecule has 7 heteroatoms. The third-order valence-corrected chi connectivity index (χ3v) is 6.67. The van der Waals surface area contributed by atoms with Gasteiger partial charge in [-0.05, 0) is 41.3 Å². The molecule has 1 unspecified atom stereocenters. The van der Waals surface area contributed by atoms with E-state index in [-0.39, 0.29) is 19.0 Å². The summed E-state index contributed by atoms with van der Waals surface area (Å²) in [6.45, 7) is 4.39. The van der Waals surface area contributed by atoms with E-state index in [4.69, 9.17) is 9.57 Å². The molecule has 180 valence electrons. The quantitative estimate of drug-likeness (QED) is 0.514. The molecular weight excluding hydrogens is 450 g/mol. The Morgan fingerprint density at radius 3 is 2.53 bits per heavy atom. The molecule has 0 aromatic heterocycles. The van der Waals surface area contributed by atoms with Gasteiger partial charge in [0, 0.05) is 38.3 Å². The van der Waals surface area contributed by atoms with E-state index in [1.54, 1.807) is 7.11 Å². The SMILES string of the molecule is COc1ccccc1N1CCN(CC(O)CO/N=C2/CCc3c2ccc2ccccc32)CC1.Cl. The Hall–Kier alpha value is -2.80. The number of nitrogens with zero attached hydrogens (tertiary/aromatic N) is 3. The number of β-amino-alcohol motifs (C(OH)–C–C–N with tert-alkyl or cyclic N) is 1. The highest BCUT2D eigenvalue weighted by Gasteiger charge is 2.23. The Kier molecular flexibility index (Phi) is 7.93. The van der Waals surface area contributed by atoms with Crippen molar-refractivity contribution in [1.82, 2.24) is 4.90 Å². The van der Waals surface area contributed by atoms with Crippen molar-refractivity contribution >= 4 is 34.6 Å². The fourth-order valence-electron chi connectivity index (χ4n) is 4.96. The fourth-order valence-corrected chi connectivity index (χ4v) is 4.96. The first-order valence-electron chi connectivity index (χ1n) is 11.7. The van der Waals surface area contributed by atoms with Crippen LogP contribution in [0.15, 0.2) is 65.8 Å². The number of rotatable bonds is 7. The normalized spacial score (nSPS) is 17.9. The third kappa shape index (κ3) is 5.14. The number of aliphatic hydroxyl groups excluding tert-OH is 1. The number of para-hydroxylation sites is 2. The van der Waals surface area contributed by atoms with Crippen LogP contribution in [0, 0.1) is 0 Å². The maximum Gasteiger partial charge on any atom is 0.144 e. The lowest BCUT2D eigenvalue weighted by molar-refractivity contribution is 0.0180. The van der Waals surface area contributed by atoms with Gasteiger partial charge in [-0.25, -0.2) is 0 Å². The van der Waals surface area contributed by atoms with Crippen LogP contribution in [0.3, 0.4) is 0 Å². The van der Waals surface area contributed by atoms with Crippen LogP contribution in [-0.2, 0) is 11.3 Å². The second kappa shape index (κ2) is 11.1. The number of oxime groups is 1. The number of fused-ring (bicyclic) bond motifs is 3. The Morgan fingerprint density at radius 2 is 1.71 bits per heavy atom. The van der Waals surface area contributed by atoms with E-state index >= 15 is 0 Å². The van der Waals surface area contributed by atoms with Gasteiger partial charge in [-0.1, -0.05) is 53.7 Å². The van der Waals surface area contributed by atoms with E-state index in [2.05, 4.69) is 57.4 Å². The Morgan fingerprint density at radius 1 is 0.941 bits per heavy atom. The maximum absolute atomic E-state index is 10.5. The van der Waals surface area contributed by atoms with Crippen molar-refractivity contribution in [1.29, 1.82) is 0 Å². The third-order valence-electron chi connectivity index (χ3n) is 6.67. The van der Waals surface area contributed by atoms with Crippen molar-refractivity contribution in [2.45, 2.75) is 18.9 Å². The van der Waals surface area contributed by atoms with Gasteiger partial charge < -0.3 is 19.6 Å². The van der Waals surface area contributed by atoms with Crippen LogP contribution >= 0.6 is 12.4 Å². The molecule has 0 saturated carbocycles. The van der Waals surface area contributed by atoms with Crippen LogP contribution in [0.4, 0.5) is 5.69 Å². The van der Waals surface area contributed by atoms with Gasteiger partial charge in [0.25, 0.3) is 0 Å². The minimum Gasteiger partial charge on any atom is -0.495 e. The number of hydrogen-bond acceptors (Lipinski definition) is 6. The zero-order valence-corrected chi connectivity index (χ0v) is 20.3. The first-order chi connectivity index (χ1) is 16.2. The first kappa shape index (κ1) is 24.3. The first-order valence-corrected chi connectivity index (χ1v) is 11.7. The molecule has 1 N–H and O–H groups in total. The molecular formula is C27H32ClN3O3.